The van der Waals surface area contributed by atoms with E-state index in [0.29, 0.717) is 32.0 Å². The van der Waals surface area contributed by atoms with Crippen molar-refractivity contribution in [1.29, 1.82) is 0 Å². The molecule has 0 saturated heterocycles. The van der Waals surface area contributed by atoms with Crippen LogP contribution in [0.5, 0.6) is 0 Å². The summed E-state index contributed by atoms with van der Waals surface area (Å²) in [6, 6.07) is 6.93. The molecule has 1 aromatic carbocycles. The van der Waals surface area contributed by atoms with E-state index in [2.05, 4.69) is 35.6 Å². The van der Waals surface area contributed by atoms with Crippen LogP contribution in [0.2, 0.25) is 5.02 Å². The van der Waals surface area contributed by atoms with Crippen molar-refractivity contribution in [2.75, 3.05) is 7.11 Å². The quantitative estimate of drug-likeness (QED) is 0.700. The van der Waals surface area contributed by atoms with Crippen molar-refractivity contribution in [3.05, 3.63) is 45.5 Å². The minimum atomic E-state index is -0.375. The molecule has 0 bridgehead atoms. The summed E-state index contributed by atoms with van der Waals surface area (Å²) in [5.41, 5.74) is 2.51. The molecule has 0 fully saturated rings. The number of fused-ring (bicyclic) bond motifs is 1. The zero-order chi connectivity index (χ0) is 15.0. The molecule has 0 aliphatic carbocycles. The average Bonchev–Trinajstić information content (AvgIpc) is 2.95. The molecule has 0 spiro atoms. The Bertz CT molecular complexity index is 830. The lowest BCUT2D eigenvalue weighted by atomic mass is 10.1. The standard InChI is InChI=1S/C14H9BrClN3O2/c1-21-14(20)8-4-2-7(3-5-8)12-18-11-10(16)9(15)6-17-13(11)19-12/h2-6H,1H3,(H,17,18,19). The molecule has 3 rings (SSSR count). The summed E-state index contributed by atoms with van der Waals surface area (Å²) in [6.07, 6.45) is 1.62. The van der Waals surface area contributed by atoms with E-state index in [4.69, 9.17) is 11.6 Å². The second kappa shape index (κ2) is 5.46. The van der Waals surface area contributed by atoms with Crippen LogP contribution < -0.4 is 0 Å². The Labute approximate surface area is 133 Å². The fraction of sp³-hybridized carbons (Fsp3) is 0.0714. The molecule has 7 heteroatoms. The number of hydrogen-bond donors (Lipinski definition) is 1. The number of halogens is 2. The SMILES string of the molecule is COC(=O)c1ccc(-c2nc3c(Cl)c(Br)cnc3[nH]2)cc1. The fourth-order valence-electron chi connectivity index (χ4n) is 1.92. The first-order valence-corrected chi connectivity index (χ1v) is 7.15. The van der Waals surface area contributed by atoms with Crippen molar-refractivity contribution in [2.45, 2.75) is 0 Å². The van der Waals surface area contributed by atoms with Crippen LogP contribution in [0.3, 0.4) is 0 Å². The summed E-state index contributed by atoms with van der Waals surface area (Å²) >= 11 is 9.50. The summed E-state index contributed by atoms with van der Waals surface area (Å²) in [6.45, 7) is 0. The van der Waals surface area contributed by atoms with Crippen LogP contribution in [0.25, 0.3) is 22.6 Å². The van der Waals surface area contributed by atoms with Crippen molar-refractivity contribution in [3.63, 3.8) is 0 Å². The van der Waals surface area contributed by atoms with Crippen LogP contribution in [0, 0.1) is 0 Å². The van der Waals surface area contributed by atoms with Gasteiger partial charge in [0.05, 0.1) is 22.2 Å². The maximum Gasteiger partial charge on any atom is 0.337 e. The lowest BCUT2D eigenvalue weighted by Gasteiger charge is -2.00. The second-order valence-electron chi connectivity index (χ2n) is 4.27. The van der Waals surface area contributed by atoms with Crippen molar-refractivity contribution < 1.29 is 9.53 Å². The third kappa shape index (κ3) is 2.52. The third-order valence-electron chi connectivity index (χ3n) is 2.99. The highest BCUT2D eigenvalue weighted by atomic mass is 79.9. The molecule has 5 nitrogen and oxygen atoms in total. The highest BCUT2D eigenvalue weighted by Crippen LogP contribution is 2.30. The van der Waals surface area contributed by atoms with Crippen molar-refractivity contribution >= 4 is 44.7 Å². The first-order chi connectivity index (χ1) is 10.1. The lowest BCUT2D eigenvalue weighted by Crippen LogP contribution is -2.00. The molecular formula is C14H9BrClN3O2. The Balaban J connectivity index is 2.04. The number of H-pyrrole nitrogens is 1. The van der Waals surface area contributed by atoms with E-state index in [1.54, 1.807) is 30.5 Å². The number of rotatable bonds is 2. The van der Waals surface area contributed by atoms with Gasteiger partial charge in [-0.15, -0.1) is 0 Å². The first kappa shape index (κ1) is 14.0. The van der Waals surface area contributed by atoms with E-state index >= 15 is 0 Å². The van der Waals surface area contributed by atoms with Gasteiger partial charge in [-0.05, 0) is 28.1 Å². The first-order valence-electron chi connectivity index (χ1n) is 5.98. The molecule has 3 aromatic rings. The highest BCUT2D eigenvalue weighted by Gasteiger charge is 2.12. The van der Waals surface area contributed by atoms with E-state index in [-0.39, 0.29) is 5.97 Å². The van der Waals surface area contributed by atoms with Crippen LogP contribution in [0.4, 0.5) is 0 Å². The summed E-state index contributed by atoms with van der Waals surface area (Å²) in [4.78, 5) is 23.2. The van der Waals surface area contributed by atoms with Gasteiger partial charge in [-0.3, -0.25) is 0 Å². The van der Waals surface area contributed by atoms with Gasteiger partial charge in [-0.1, -0.05) is 23.7 Å². The number of methoxy groups -OCH3 is 1. The minimum Gasteiger partial charge on any atom is -0.465 e. The summed E-state index contributed by atoms with van der Waals surface area (Å²) < 4.78 is 5.35. The number of nitrogens with one attached hydrogen (secondary N) is 1. The smallest absolute Gasteiger partial charge is 0.337 e. The highest BCUT2D eigenvalue weighted by molar-refractivity contribution is 9.10. The van der Waals surface area contributed by atoms with E-state index in [9.17, 15) is 4.79 Å². The predicted molar refractivity (Wildman–Crippen MR) is 83.4 cm³/mol. The van der Waals surface area contributed by atoms with Crippen LogP contribution in [-0.2, 0) is 4.74 Å². The van der Waals surface area contributed by atoms with Gasteiger partial charge >= 0.3 is 5.97 Å². The van der Waals surface area contributed by atoms with Crippen LogP contribution in [-0.4, -0.2) is 28.0 Å². The molecule has 0 aliphatic rings. The number of hydrogen-bond acceptors (Lipinski definition) is 4. The molecule has 2 aromatic heterocycles. The zero-order valence-corrected chi connectivity index (χ0v) is 13.2. The molecule has 0 amide bonds. The maximum absolute atomic E-state index is 11.4. The normalized spacial score (nSPS) is 10.8. The number of nitrogens with zero attached hydrogens (tertiary/aromatic N) is 2. The van der Waals surface area contributed by atoms with E-state index in [0.717, 1.165) is 5.56 Å². The largest absolute Gasteiger partial charge is 0.465 e. The second-order valence-corrected chi connectivity index (χ2v) is 5.50. The number of benzene rings is 1. The Morgan fingerprint density at radius 3 is 2.71 bits per heavy atom. The number of carbonyl (C=O) groups is 1. The molecule has 1 N–H and O–H groups in total. The number of carbonyl (C=O) groups excluding carboxylic acids is 1. The van der Waals surface area contributed by atoms with Gasteiger partial charge in [-0.2, -0.15) is 0 Å². The fourth-order valence-corrected chi connectivity index (χ4v) is 2.39. The Morgan fingerprint density at radius 2 is 2.05 bits per heavy atom. The molecule has 0 atom stereocenters. The number of aromatic nitrogens is 3. The molecular weight excluding hydrogens is 358 g/mol. The maximum atomic E-state index is 11.4. The van der Waals surface area contributed by atoms with Gasteiger partial charge in [0.15, 0.2) is 5.65 Å². The number of imidazole rings is 1. The van der Waals surface area contributed by atoms with E-state index in [1.807, 2.05) is 0 Å². The van der Waals surface area contributed by atoms with Crippen molar-refractivity contribution in [3.8, 4) is 11.4 Å². The van der Waals surface area contributed by atoms with E-state index < -0.39 is 0 Å². The summed E-state index contributed by atoms with van der Waals surface area (Å²) in [7, 11) is 1.35. The summed E-state index contributed by atoms with van der Waals surface area (Å²) in [5, 5.41) is 0.508. The number of ether oxygens (including phenoxy) is 1. The third-order valence-corrected chi connectivity index (χ3v) is 4.20. The molecule has 21 heavy (non-hydrogen) atoms. The Hall–Kier alpha value is -1.92. The van der Waals surface area contributed by atoms with Crippen LogP contribution >= 0.6 is 27.5 Å². The predicted octanol–water partition coefficient (Wildman–Crippen LogP) is 3.83. The number of esters is 1. The lowest BCUT2D eigenvalue weighted by molar-refractivity contribution is 0.0601. The summed E-state index contributed by atoms with van der Waals surface area (Å²) in [5.74, 6) is 0.258. The molecule has 0 unspecified atom stereocenters. The molecule has 0 saturated carbocycles. The Kier molecular flexibility index (Phi) is 3.65. The monoisotopic (exact) mass is 365 g/mol. The van der Waals surface area contributed by atoms with Gasteiger partial charge in [0.1, 0.15) is 11.3 Å². The Morgan fingerprint density at radius 1 is 1.33 bits per heavy atom. The van der Waals surface area contributed by atoms with Gasteiger partial charge in [-0.25, -0.2) is 14.8 Å². The number of pyridine rings is 1. The van der Waals surface area contributed by atoms with Gasteiger partial charge in [0.2, 0.25) is 0 Å². The van der Waals surface area contributed by atoms with Gasteiger partial charge in [0, 0.05) is 11.8 Å². The van der Waals surface area contributed by atoms with Gasteiger partial charge < -0.3 is 9.72 Å². The van der Waals surface area contributed by atoms with Gasteiger partial charge in [0.25, 0.3) is 0 Å². The van der Waals surface area contributed by atoms with Crippen LogP contribution in [0.15, 0.2) is 34.9 Å². The zero-order valence-electron chi connectivity index (χ0n) is 10.9. The number of aromatic amines is 1. The molecule has 0 aliphatic heterocycles. The topological polar surface area (TPSA) is 67.9 Å². The van der Waals surface area contributed by atoms with Crippen molar-refractivity contribution in [1.82, 2.24) is 15.0 Å². The molecule has 0 radical (unpaired) electrons. The average molecular weight is 367 g/mol. The van der Waals surface area contributed by atoms with E-state index in [1.165, 1.54) is 7.11 Å². The molecule has 2 heterocycles. The van der Waals surface area contributed by atoms with Crippen LogP contribution in [0.1, 0.15) is 10.4 Å². The molecule has 106 valence electrons. The minimum absolute atomic E-state index is 0.375. The van der Waals surface area contributed by atoms with Crippen molar-refractivity contribution in [2.24, 2.45) is 0 Å².